The lowest BCUT2D eigenvalue weighted by Gasteiger charge is -2.30. The molecule has 0 atom stereocenters. The van der Waals surface area contributed by atoms with Gasteiger partial charge in [0.15, 0.2) is 0 Å². The van der Waals surface area contributed by atoms with Crippen LogP contribution in [0.2, 0.25) is 0 Å². The van der Waals surface area contributed by atoms with Gasteiger partial charge >= 0.3 is 6.18 Å². The van der Waals surface area contributed by atoms with Crippen LogP contribution in [0.1, 0.15) is 18.5 Å². The maximum Gasteiger partial charge on any atom is 0.406 e. The van der Waals surface area contributed by atoms with Crippen molar-refractivity contribution in [2.45, 2.75) is 31.6 Å². The zero-order chi connectivity index (χ0) is 22.6. The average molecular weight is 441 g/mol. The largest absolute Gasteiger partial charge is 0.406 e. The third-order valence-electron chi connectivity index (χ3n) is 5.73. The number of piperidine rings is 1. The van der Waals surface area contributed by atoms with Gasteiger partial charge in [-0.05, 0) is 69.2 Å². The predicted octanol–water partition coefficient (Wildman–Crippen LogP) is 5.17. The summed E-state index contributed by atoms with van der Waals surface area (Å²) in [5.74, 6) is 5.92. The molecule has 2 heterocycles. The van der Waals surface area contributed by atoms with Gasteiger partial charge in [-0.2, -0.15) is 13.2 Å². The van der Waals surface area contributed by atoms with Crippen molar-refractivity contribution in [1.82, 2.24) is 9.47 Å². The summed E-state index contributed by atoms with van der Waals surface area (Å²) in [4.78, 5) is 2.29. The Morgan fingerprint density at radius 3 is 2.50 bits per heavy atom. The highest BCUT2D eigenvalue weighted by molar-refractivity contribution is 5.94. The van der Waals surface area contributed by atoms with Gasteiger partial charge in [-0.1, -0.05) is 30.2 Å². The van der Waals surface area contributed by atoms with E-state index in [4.69, 9.17) is 0 Å². The molecule has 4 rings (SSSR count). The lowest BCUT2D eigenvalue weighted by atomic mass is 10.0. The van der Waals surface area contributed by atoms with E-state index < -0.39 is 12.7 Å². The summed E-state index contributed by atoms with van der Waals surface area (Å²) < 4.78 is 41.3. The van der Waals surface area contributed by atoms with Gasteiger partial charge in [0.25, 0.3) is 0 Å². The summed E-state index contributed by atoms with van der Waals surface area (Å²) in [6.07, 6.45) is -2.32. The van der Waals surface area contributed by atoms with Crippen LogP contribution in [0.25, 0.3) is 10.9 Å². The first kappa shape index (κ1) is 22.1. The summed E-state index contributed by atoms with van der Waals surface area (Å²) >= 11 is 0. The van der Waals surface area contributed by atoms with E-state index in [2.05, 4.69) is 34.4 Å². The first-order valence-corrected chi connectivity index (χ1v) is 10.8. The quantitative estimate of drug-likeness (QED) is 0.537. The van der Waals surface area contributed by atoms with Gasteiger partial charge in [0.05, 0.1) is 17.8 Å². The number of hydrogen-bond donors (Lipinski definition) is 2. The number of para-hydroxylation sites is 1. The number of benzene rings is 2. The Hall–Kier alpha value is -3.11. The van der Waals surface area contributed by atoms with Gasteiger partial charge in [0.1, 0.15) is 6.54 Å². The van der Waals surface area contributed by atoms with Crippen LogP contribution in [-0.4, -0.2) is 48.4 Å². The van der Waals surface area contributed by atoms with E-state index in [9.17, 15) is 13.2 Å². The molecule has 2 N–H and O–H groups in total. The molecule has 0 spiro atoms. The molecule has 3 aromatic rings. The van der Waals surface area contributed by atoms with Gasteiger partial charge in [-0.25, -0.2) is 0 Å². The monoisotopic (exact) mass is 440 g/mol. The molecule has 7 heteroatoms. The summed E-state index contributed by atoms with van der Waals surface area (Å²) in [5.41, 5.74) is 2.69. The number of rotatable bonds is 5. The number of fused-ring (bicyclic) bond motifs is 1. The SMILES string of the molecule is CN1CCC(Nc2cccc3c2cc(C#CCNc2ccccc2)n3CC(F)(F)F)CC1. The highest BCUT2D eigenvalue weighted by Crippen LogP contribution is 2.31. The van der Waals surface area contributed by atoms with Gasteiger partial charge in [-0.15, -0.1) is 0 Å². The van der Waals surface area contributed by atoms with Crippen molar-refractivity contribution in [3.05, 3.63) is 60.3 Å². The maximum absolute atomic E-state index is 13.3. The van der Waals surface area contributed by atoms with E-state index in [-0.39, 0.29) is 0 Å². The Morgan fingerprint density at radius 2 is 1.78 bits per heavy atom. The fraction of sp³-hybridized carbons (Fsp3) is 0.360. The van der Waals surface area contributed by atoms with E-state index >= 15 is 0 Å². The van der Waals surface area contributed by atoms with Gasteiger partial charge in [-0.3, -0.25) is 0 Å². The van der Waals surface area contributed by atoms with Crippen LogP contribution in [0.15, 0.2) is 54.6 Å². The molecule has 1 fully saturated rings. The second-order valence-electron chi connectivity index (χ2n) is 8.21. The van der Waals surface area contributed by atoms with Crippen molar-refractivity contribution in [2.24, 2.45) is 0 Å². The summed E-state index contributed by atoms with van der Waals surface area (Å²) in [7, 11) is 2.10. The first-order chi connectivity index (χ1) is 15.4. The number of nitrogens with one attached hydrogen (secondary N) is 2. The summed E-state index contributed by atoms with van der Waals surface area (Å²) in [5, 5.41) is 7.49. The van der Waals surface area contributed by atoms with E-state index in [0.29, 0.717) is 23.8 Å². The molecule has 4 nitrogen and oxygen atoms in total. The molecule has 2 aromatic carbocycles. The Labute approximate surface area is 186 Å². The van der Waals surface area contributed by atoms with E-state index in [1.165, 1.54) is 4.57 Å². The van der Waals surface area contributed by atoms with E-state index in [1.807, 2.05) is 36.4 Å². The molecule has 0 unspecified atom stereocenters. The lowest BCUT2D eigenvalue weighted by molar-refractivity contribution is -0.140. The molecule has 1 saturated heterocycles. The van der Waals surface area contributed by atoms with Crippen LogP contribution >= 0.6 is 0 Å². The molecular formula is C25H27F3N4. The topological polar surface area (TPSA) is 32.2 Å². The second-order valence-corrected chi connectivity index (χ2v) is 8.21. The maximum atomic E-state index is 13.3. The minimum absolute atomic E-state index is 0.312. The Balaban J connectivity index is 1.60. The number of nitrogens with zero attached hydrogens (tertiary/aromatic N) is 2. The predicted molar refractivity (Wildman–Crippen MR) is 124 cm³/mol. The number of alkyl halides is 3. The summed E-state index contributed by atoms with van der Waals surface area (Å²) in [6.45, 7) is 1.30. The number of likely N-dealkylation sites (tertiary alicyclic amines) is 1. The molecule has 0 amide bonds. The number of anilines is 2. The van der Waals surface area contributed by atoms with Crippen molar-refractivity contribution in [3.63, 3.8) is 0 Å². The molecular weight excluding hydrogens is 413 g/mol. The van der Waals surface area contributed by atoms with Crippen LogP contribution in [0.4, 0.5) is 24.5 Å². The highest BCUT2D eigenvalue weighted by atomic mass is 19.4. The smallest absolute Gasteiger partial charge is 0.382 e. The van der Waals surface area contributed by atoms with Crippen molar-refractivity contribution in [3.8, 4) is 11.8 Å². The molecule has 0 bridgehead atoms. The average Bonchev–Trinajstić information content (AvgIpc) is 3.10. The molecule has 1 aromatic heterocycles. The fourth-order valence-electron chi connectivity index (χ4n) is 4.07. The minimum Gasteiger partial charge on any atom is -0.382 e. The zero-order valence-electron chi connectivity index (χ0n) is 18.0. The normalized spacial score (nSPS) is 15.4. The first-order valence-electron chi connectivity index (χ1n) is 10.8. The van der Waals surface area contributed by atoms with Crippen molar-refractivity contribution < 1.29 is 13.2 Å². The van der Waals surface area contributed by atoms with Crippen molar-refractivity contribution in [2.75, 3.05) is 37.3 Å². The molecule has 0 radical (unpaired) electrons. The van der Waals surface area contributed by atoms with Crippen LogP contribution in [0.3, 0.4) is 0 Å². The molecule has 0 aliphatic carbocycles. The molecule has 168 valence electrons. The number of halogens is 3. The molecule has 32 heavy (non-hydrogen) atoms. The van der Waals surface area contributed by atoms with Gasteiger partial charge < -0.3 is 20.1 Å². The van der Waals surface area contributed by atoms with Gasteiger partial charge in [0, 0.05) is 22.8 Å². The zero-order valence-corrected chi connectivity index (χ0v) is 18.0. The summed E-state index contributed by atoms with van der Waals surface area (Å²) in [6, 6.07) is 17.1. The minimum atomic E-state index is -4.33. The molecule has 0 saturated carbocycles. The van der Waals surface area contributed by atoms with E-state index in [1.54, 1.807) is 18.2 Å². The van der Waals surface area contributed by atoms with Crippen LogP contribution < -0.4 is 10.6 Å². The molecule has 1 aliphatic rings. The van der Waals surface area contributed by atoms with Crippen LogP contribution in [0, 0.1) is 11.8 Å². The number of aromatic nitrogens is 1. The highest BCUT2D eigenvalue weighted by Gasteiger charge is 2.30. The van der Waals surface area contributed by atoms with Crippen molar-refractivity contribution >= 4 is 22.3 Å². The standard InChI is InChI=1S/C25H27F3N4/c1-31-15-12-20(13-16-31)30-23-10-5-11-24-22(23)17-21(32(24)18-25(26,27)28)9-6-14-29-19-7-3-2-4-8-19/h2-5,7-8,10-11,17,20,29-30H,12-16,18H2,1H3. The van der Waals surface area contributed by atoms with Crippen molar-refractivity contribution in [1.29, 1.82) is 0 Å². The fourth-order valence-corrected chi connectivity index (χ4v) is 4.07. The molecule has 1 aliphatic heterocycles. The third-order valence-corrected chi connectivity index (χ3v) is 5.73. The number of hydrogen-bond acceptors (Lipinski definition) is 3. The lowest BCUT2D eigenvalue weighted by Crippen LogP contribution is -2.36. The Bertz CT molecular complexity index is 1100. The van der Waals surface area contributed by atoms with Gasteiger partial charge in [0.2, 0.25) is 0 Å². The Morgan fingerprint density at radius 1 is 1.03 bits per heavy atom. The third kappa shape index (κ3) is 5.57. The van der Waals surface area contributed by atoms with Crippen LogP contribution in [-0.2, 0) is 6.54 Å². The Kier molecular flexibility index (Phi) is 6.61. The van der Waals surface area contributed by atoms with E-state index in [0.717, 1.165) is 42.7 Å². The van der Waals surface area contributed by atoms with Crippen LogP contribution in [0.5, 0.6) is 0 Å². The second kappa shape index (κ2) is 9.58.